The van der Waals surface area contributed by atoms with Crippen LogP contribution in [-0.4, -0.2) is 44.3 Å². The van der Waals surface area contributed by atoms with E-state index in [1.54, 1.807) is 0 Å². The minimum absolute atomic E-state index is 0.759. The summed E-state index contributed by atoms with van der Waals surface area (Å²) in [5, 5.41) is 0. The molecule has 1 atom stereocenters. The van der Waals surface area contributed by atoms with Crippen LogP contribution in [0.1, 0.15) is 44.9 Å². The summed E-state index contributed by atoms with van der Waals surface area (Å²) >= 11 is 0. The summed E-state index contributed by atoms with van der Waals surface area (Å²) in [5.74, 6) is 1.70. The van der Waals surface area contributed by atoms with Gasteiger partial charge in [-0.05, 0) is 63.6 Å². The molecule has 0 saturated carbocycles. The average Bonchev–Trinajstić information content (AvgIpc) is 2.45. The molecule has 2 N–H and O–H groups in total. The van der Waals surface area contributed by atoms with Crippen LogP contribution >= 0.6 is 0 Å². The molecule has 18 heavy (non-hydrogen) atoms. The molecule has 0 aromatic heterocycles. The maximum atomic E-state index is 5.78. The summed E-state index contributed by atoms with van der Waals surface area (Å²) in [6.07, 6.45) is 9.45. The van der Waals surface area contributed by atoms with Gasteiger partial charge in [0.2, 0.25) is 0 Å². The van der Waals surface area contributed by atoms with Crippen molar-refractivity contribution in [2.24, 2.45) is 17.6 Å². The van der Waals surface area contributed by atoms with E-state index < -0.39 is 0 Å². The lowest BCUT2D eigenvalue weighted by Crippen LogP contribution is -2.38. The number of hydrogen-bond donors (Lipinski definition) is 1. The number of nitrogens with zero attached hydrogens (tertiary/aromatic N) is 1. The smallest absolute Gasteiger partial charge is 0.0468 e. The number of unbranched alkanes of at least 4 members (excludes halogenated alkanes) is 1. The molecular weight excluding hydrogens is 224 g/mol. The van der Waals surface area contributed by atoms with Crippen molar-refractivity contribution in [1.29, 1.82) is 0 Å². The summed E-state index contributed by atoms with van der Waals surface area (Å²) in [5.41, 5.74) is 5.78. The molecule has 3 heteroatoms. The van der Waals surface area contributed by atoms with Crippen LogP contribution in [0.5, 0.6) is 0 Å². The Bertz CT molecular complexity index is 217. The van der Waals surface area contributed by atoms with Crippen LogP contribution in [-0.2, 0) is 4.74 Å². The van der Waals surface area contributed by atoms with Gasteiger partial charge in [-0.3, -0.25) is 0 Å². The monoisotopic (exact) mass is 254 g/mol. The minimum Gasteiger partial charge on any atom is -0.381 e. The molecule has 0 spiro atoms. The maximum absolute atomic E-state index is 5.78. The summed E-state index contributed by atoms with van der Waals surface area (Å²) in [6, 6.07) is 0. The summed E-state index contributed by atoms with van der Waals surface area (Å²) in [6.45, 7) is 6.70. The van der Waals surface area contributed by atoms with Crippen LogP contribution in [0.25, 0.3) is 0 Å². The van der Waals surface area contributed by atoms with Crippen LogP contribution in [0.4, 0.5) is 0 Å². The maximum Gasteiger partial charge on any atom is 0.0468 e. The second-order valence-corrected chi connectivity index (χ2v) is 6.10. The highest BCUT2D eigenvalue weighted by atomic mass is 16.5. The first-order chi connectivity index (χ1) is 8.88. The lowest BCUT2D eigenvalue weighted by Gasteiger charge is -2.32. The molecule has 0 amide bonds. The normalized spacial score (nSPS) is 27.5. The third kappa shape index (κ3) is 4.87. The van der Waals surface area contributed by atoms with Gasteiger partial charge in [0.15, 0.2) is 0 Å². The Morgan fingerprint density at radius 3 is 2.67 bits per heavy atom. The summed E-state index contributed by atoms with van der Waals surface area (Å²) < 4.78 is 5.41. The van der Waals surface area contributed by atoms with E-state index in [2.05, 4.69) is 4.90 Å². The van der Waals surface area contributed by atoms with E-state index in [1.165, 1.54) is 64.6 Å². The van der Waals surface area contributed by atoms with Crippen molar-refractivity contribution in [3.8, 4) is 0 Å². The molecule has 0 radical (unpaired) electrons. The summed E-state index contributed by atoms with van der Waals surface area (Å²) in [4.78, 5) is 2.63. The van der Waals surface area contributed by atoms with Crippen molar-refractivity contribution in [3.05, 3.63) is 0 Å². The van der Waals surface area contributed by atoms with E-state index in [1.807, 2.05) is 0 Å². The first-order valence-electron chi connectivity index (χ1n) is 7.88. The number of nitrogens with two attached hydrogens (primary N) is 1. The lowest BCUT2D eigenvalue weighted by atomic mass is 9.94. The molecule has 0 aromatic rings. The van der Waals surface area contributed by atoms with Gasteiger partial charge in [0.1, 0.15) is 0 Å². The van der Waals surface area contributed by atoms with Gasteiger partial charge < -0.3 is 15.4 Å². The molecule has 2 aliphatic rings. The number of ether oxygens (including phenoxy) is 1. The van der Waals surface area contributed by atoms with Crippen LogP contribution in [0.3, 0.4) is 0 Å². The molecular formula is C15H30N2O. The van der Waals surface area contributed by atoms with Crippen LogP contribution in [0, 0.1) is 11.8 Å². The predicted octanol–water partition coefficient (Wildman–Crippen LogP) is 2.25. The zero-order valence-electron chi connectivity index (χ0n) is 11.8. The molecule has 2 rings (SSSR count). The van der Waals surface area contributed by atoms with E-state index >= 15 is 0 Å². The SMILES string of the molecule is NCC1CCCN(CCCCC2CCOCC2)C1. The highest BCUT2D eigenvalue weighted by Crippen LogP contribution is 2.21. The number of rotatable bonds is 6. The molecule has 2 heterocycles. The molecule has 106 valence electrons. The van der Waals surface area contributed by atoms with Gasteiger partial charge in [-0.1, -0.05) is 12.8 Å². The van der Waals surface area contributed by atoms with Gasteiger partial charge in [0, 0.05) is 19.8 Å². The zero-order valence-corrected chi connectivity index (χ0v) is 11.8. The molecule has 0 aliphatic carbocycles. The number of likely N-dealkylation sites (tertiary alicyclic amines) is 1. The number of hydrogen-bond acceptors (Lipinski definition) is 3. The lowest BCUT2D eigenvalue weighted by molar-refractivity contribution is 0.0627. The van der Waals surface area contributed by atoms with Gasteiger partial charge in [0.25, 0.3) is 0 Å². The molecule has 1 unspecified atom stereocenters. The molecule has 2 saturated heterocycles. The standard InChI is InChI=1S/C15H30N2O/c16-12-15-5-3-9-17(13-15)8-2-1-4-14-6-10-18-11-7-14/h14-15H,1-13,16H2. The van der Waals surface area contributed by atoms with Crippen molar-refractivity contribution in [2.75, 3.05) is 39.4 Å². The Morgan fingerprint density at radius 2 is 1.89 bits per heavy atom. The Kier molecular flexibility index (Phi) is 6.46. The third-order valence-corrected chi connectivity index (χ3v) is 4.61. The fraction of sp³-hybridized carbons (Fsp3) is 1.00. The van der Waals surface area contributed by atoms with Gasteiger partial charge in [0.05, 0.1) is 0 Å². The van der Waals surface area contributed by atoms with Gasteiger partial charge in [-0.2, -0.15) is 0 Å². The van der Waals surface area contributed by atoms with E-state index in [0.717, 1.165) is 31.6 Å². The van der Waals surface area contributed by atoms with Crippen molar-refractivity contribution in [1.82, 2.24) is 4.90 Å². The van der Waals surface area contributed by atoms with E-state index in [9.17, 15) is 0 Å². The Hall–Kier alpha value is -0.120. The number of piperidine rings is 1. The third-order valence-electron chi connectivity index (χ3n) is 4.61. The average molecular weight is 254 g/mol. The predicted molar refractivity (Wildman–Crippen MR) is 75.6 cm³/mol. The molecule has 0 aromatic carbocycles. The largest absolute Gasteiger partial charge is 0.381 e. The van der Waals surface area contributed by atoms with Crippen molar-refractivity contribution >= 4 is 0 Å². The van der Waals surface area contributed by atoms with Gasteiger partial charge in [-0.25, -0.2) is 0 Å². The molecule has 0 bridgehead atoms. The minimum atomic E-state index is 0.759. The second-order valence-electron chi connectivity index (χ2n) is 6.10. The fourth-order valence-electron chi connectivity index (χ4n) is 3.35. The Labute approximate surface area is 112 Å². The molecule has 2 fully saturated rings. The second kappa shape index (κ2) is 8.13. The quantitative estimate of drug-likeness (QED) is 0.739. The topological polar surface area (TPSA) is 38.5 Å². The van der Waals surface area contributed by atoms with Crippen LogP contribution in [0.2, 0.25) is 0 Å². The first-order valence-corrected chi connectivity index (χ1v) is 7.88. The highest BCUT2D eigenvalue weighted by Gasteiger charge is 2.18. The first kappa shape index (κ1) is 14.3. The Balaban J connectivity index is 1.52. The van der Waals surface area contributed by atoms with Crippen LogP contribution in [0.15, 0.2) is 0 Å². The van der Waals surface area contributed by atoms with Crippen molar-refractivity contribution in [3.63, 3.8) is 0 Å². The van der Waals surface area contributed by atoms with Gasteiger partial charge in [-0.15, -0.1) is 0 Å². The Morgan fingerprint density at radius 1 is 1.06 bits per heavy atom. The van der Waals surface area contributed by atoms with E-state index in [-0.39, 0.29) is 0 Å². The fourth-order valence-corrected chi connectivity index (χ4v) is 3.35. The molecule has 3 nitrogen and oxygen atoms in total. The molecule has 2 aliphatic heterocycles. The van der Waals surface area contributed by atoms with Gasteiger partial charge >= 0.3 is 0 Å². The van der Waals surface area contributed by atoms with E-state index in [4.69, 9.17) is 10.5 Å². The highest BCUT2D eigenvalue weighted by molar-refractivity contribution is 4.73. The zero-order chi connectivity index (χ0) is 12.6. The van der Waals surface area contributed by atoms with Crippen molar-refractivity contribution in [2.45, 2.75) is 44.9 Å². The van der Waals surface area contributed by atoms with Crippen molar-refractivity contribution < 1.29 is 4.74 Å². The van der Waals surface area contributed by atoms with E-state index in [0.29, 0.717) is 0 Å². The summed E-state index contributed by atoms with van der Waals surface area (Å²) in [7, 11) is 0. The van der Waals surface area contributed by atoms with Crippen LogP contribution < -0.4 is 5.73 Å².